The number of nitriles is 1. The van der Waals surface area contributed by atoms with Crippen molar-refractivity contribution in [1.82, 2.24) is 4.90 Å². The summed E-state index contributed by atoms with van der Waals surface area (Å²) < 4.78 is 19.0. The Morgan fingerprint density at radius 3 is 3.00 bits per heavy atom. The van der Waals surface area contributed by atoms with Crippen molar-refractivity contribution in [3.8, 4) is 11.8 Å². The minimum atomic E-state index is -0.474. The normalized spacial score (nSPS) is 18.5. The predicted octanol–water partition coefficient (Wildman–Crippen LogP) is 2.73. The number of nitrogens with zero attached hydrogens (tertiary/aromatic N) is 2. The van der Waals surface area contributed by atoms with E-state index in [9.17, 15) is 9.18 Å². The van der Waals surface area contributed by atoms with Gasteiger partial charge in [-0.05, 0) is 18.6 Å². The molecule has 0 radical (unpaired) electrons. The van der Waals surface area contributed by atoms with Gasteiger partial charge in [0.25, 0.3) is 0 Å². The van der Waals surface area contributed by atoms with Gasteiger partial charge in [0, 0.05) is 24.4 Å². The van der Waals surface area contributed by atoms with Crippen molar-refractivity contribution in [3.05, 3.63) is 35.7 Å². The topological polar surface area (TPSA) is 53.3 Å². The van der Waals surface area contributed by atoms with E-state index in [2.05, 4.69) is 22.6 Å². The molecule has 2 rings (SSSR count). The fourth-order valence-corrected chi connectivity index (χ4v) is 2.65. The first-order valence-electron chi connectivity index (χ1n) is 5.96. The van der Waals surface area contributed by atoms with Gasteiger partial charge in [0.05, 0.1) is 3.92 Å². The highest BCUT2D eigenvalue weighted by Crippen LogP contribution is 2.30. The molecule has 0 N–H and O–H groups in total. The van der Waals surface area contributed by atoms with Gasteiger partial charge in [0.2, 0.25) is 5.91 Å². The van der Waals surface area contributed by atoms with Crippen LogP contribution in [0, 0.1) is 17.1 Å². The van der Waals surface area contributed by atoms with Crippen molar-refractivity contribution < 1.29 is 13.9 Å². The minimum absolute atomic E-state index is 0.0349. The number of hydrogen-bond acceptors (Lipinski definition) is 3. The predicted molar refractivity (Wildman–Crippen MR) is 80.7 cm³/mol. The fourth-order valence-electron chi connectivity index (χ4n) is 1.98. The van der Waals surface area contributed by atoms with Crippen molar-refractivity contribution in [3.63, 3.8) is 0 Å². The standard InChI is InChI=1S/C14H12FIN2O2/c1-18-13(5-4-12(16)14(18)19)10-3-2-9(8-11(10)15)20-7-6-17/h2-3,5,8,12H,4,7H2,1H3. The Morgan fingerprint density at radius 1 is 1.60 bits per heavy atom. The lowest BCUT2D eigenvalue weighted by Gasteiger charge is -2.28. The Labute approximate surface area is 130 Å². The van der Waals surface area contributed by atoms with Gasteiger partial charge in [-0.15, -0.1) is 0 Å². The van der Waals surface area contributed by atoms with Crippen LogP contribution in [-0.4, -0.2) is 28.4 Å². The Bertz CT molecular complexity index is 610. The van der Waals surface area contributed by atoms with E-state index in [1.54, 1.807) is 19.2 Å². The zero-order valence-electron chi connectivity index (χ0n) is 10.8. The maximum Gasteiger partial charge on any atom is 0.240 e. The number of rotatable bonds is 3. The van der Waals surface area contributed by atoms with Gasteiger partial charge in [0.1, 0.15) is 17.6 Å². The zero-order valence-corrected chi connectivity index (χ0v) is 12.9. The summed E-state index contributed by atoms with van der Waals surface area (Å²) in [5, 5.41) is 8.42. The molecular weight excluding hydrogens is 374 g/mol. The van der Waals surface area contributed by atoms with Gasteiger partial charge >= 0.3 is 0 Å². The number of benzene rings is 1. The molecular formula is C14H12FIN2O2. The number of carbonyl (C=O) groups is 1. The fraction of sp³-hybridized carbons (Fsp3) is 0.286. The number of amides is 1. The van der Waals surface area contributed by atoms with Crippen LogP contribution in [0.2, 0.25) is 0 Å². The minimum Gasteiger partial charge on any atom is -0.479 e. The first-order valence-corrected chi connectivity index (χ1v) is 7.20. The number of ether oxygens (including phenoxy) is 1. The summed E-state index contributed by atoms with van der Waals surface area (Å²) in [4.78, 5) is 13.4. The Morgan fingerprint density at radius 2 is 2.35 bits per heavy atom. The van der Waals surface area contributed by atoms with Gasteiger partial charge in [-0.1, -0.05) is 28.7 Å². The molecule has 1 atom stereocenters. The van der Waals surface area contributed by atoms with Crippen LogP contribution in [0.1, 0.15) is 12.0 Å². The second-order valence-corrected chi connectivity index (χ2v) is 5.78. The molecule has 20 heavy (non-hydrogen) atoms. The summed E-state index contributed by atoms with van der Waals surface area (Å²) >= 11 is 2.08. The summed E-state index contributed by atoms with van der Waals surface area (Å²) in [7, 11) is 1.64. The SMILES string of the molecule is CN1C(=O)C(I)CC=C1c1ccc(OCC#N)cc1F. The van der Waals surface area contributed by atoms with Gasteiger partial charge in [0.15, 0.2) is 6.61 Å². The van der Waals surface area contributed by atoms with Crippen LogP contribution >= 0.6 is 22.6 Å². The van der Waals surface area contributed by atoms with Crippen LogP contribution < -0.4 is 4.74 Å². The maximum absolute atomic E-state index is 14.1. The van der Waals surface area contributed by atoms with E-state index < -0.39 is 5.82 Å². The molecule has 1 aliphatic heterocycles. The van der Waals surface area contributed by atoms with Crippen molar-refractivity contribution in [2.24, 2.45) is 0 Å². The van der Waals surface area contributed by atoms with Gasteiger partial charge in [-0.25, -0.2) is 4.39 Å². The second-order valence-electron chi connectivity index (χ2n) is 4.28. The molecule has 0 saturated heterocycles. The smallest absolute Gasteiger partial charge is 0.240 e. The third-order valence-electron chi connectivity index (χ3n) is 3.00. The summed E-state index contributed by atoms with van der Waals surface area (Å²) in [6.45, 7) is -0.129. The van der Waals surface area contributed by atoms with E-state index in [1.807, 2.05) is 12.1 Å². The Kier molecular flexibility index (Phi) is 4.60. The molecule has 0 aliphatic carbocycles. The van der Waals surface area contributed by atoms with Crippen LogP contribution in [0.3, 0.4) is 0 Å². The van der Waals surface area contributed by atoms with Crippen LogP contribution in [0.15, 0.2) is 24.3 Å². The molecule has 0 fully saturated rings. The Balaban J connectivity index is 2.30. The van der Waals surface area contributed by atoms with E-state index in [4.69, 9.17) is 10.00 Å². The van der Waals surface area contributed by atoms with Gasteiger partial charge in [-0.2, -0.15) is 5.26 Å². The molecule has 1 amide bonds. The molecule has 6 heteroatoms. The second kappa shape index (κ2) is 6.22. The highest BCUT2D eigenvalue weighted by molar-refractivity contribution is 14.1. The third kappa shape index (κ3) is 2.93. The van der Waals surface area contributed by atoms with E-state index in [1.165, 1.54) is 11.0 Å². The van der Waals surface area contributed by atoms with E-state index in [0.29, 0.717) is 23.4 Å². The molecule has 0 spiro atoms. The van der Waals surface area contributed by atoms with E-state index >= 15 is 0 Å². The van der Waals surface area contributed by atoms with Crippen molar-refractivity contribution in [2.75, 3.05) is 13.7 Å². The van der Waals surface area contributed by atoms with E-state index in [0.717, 1.165) is 0 Å². The summed E-state index contributed by atoms with van der Waals surface area (Å²) in [5.74, 6) is -0.212. The molecule has 0 bridgehead atoms. The molecule has 1 aliphatic rings. The third-order valence-corrected chi connectivity index (χ3v) is 4.04. The molecule has 4 nitrogen and oxygen atoms in total. The number of halogens is 2. The monoisotopic (exact) mass is 386 g/mol. The van der Waals surface area contributed by atoms with Crippen molar-refractivity contribution in [1.29, 1.82) is 5.26 Å². The number of alkyl halides is 1. The average molecular weight is 386 g/mol. The first kappa shape index (κ1) is 14.8. The van der Waals surface area contributed by atoms with Crippen LogP contribution in [0.5, 0.6) is 5.75 Å². The van der Waals surface area contributed by atoms with Crippen molar-refractivity contribution in [2.45, 2.75) is 10.3 Å². The zero-order chi connectivity index (χ0) is 14.7. The van der Waals surface area contributed by atoms with Crippen LogP contribution in [-0.2, 0) is 4.79 Å². The van der Waals surface area contributed by atoms with Crippen molar-refractivity contribution >= 4 is 34.2 Å². The number of allylic oxidation sites excluding steroid dienone is 1. The van der Waals surface area contributed by atoms with Crippen LogP contribution in [0.25, 0.3) is 5.70 Å². The number of hydrogen-bond donors (Lipinski definition) is 0. The lowest BCUT2D eigenvalue weighted by atomic mass is 10.0. The highest BCUT2D eigenvalue weighted by atomic mass is 127. The number of carbonyl (C=O) groups excluding carboxylic acids is 1. The molecule has 0 saturated carbocycles. The Hall–Kier alpha value is -1.62. The largest absolute Gasteiger partial charge is 0.479 e. The average Bonchev–Trinajstić information content (AvgIpc) is 2.44. The van der Waals surface area contributed by atoms with Gasteiger partial charge < -0.3 is 9.64 Å². The molecule has 104 valence electrons. The summed E-state index contributed by atoms with van der Waals surface area (Å²) in [5.41, 5.74) is 0.917. The summed E-state index contributed by atoms with van der Waals surface area (Å²) in [6, 6.07) is 6.19. The highest BCUT2D eigenvalue weighted by Gasteiger charge is 2.27. The molecule has 1 heterocycles. The lowest BCUT2D eigenvalue weighted by molar-refractivity contribution is -0.126. The maximum atomic E-state index is 14.1. The van der Waals surface area contributed by atoms with Crippen LogP contribution in [0.4, 0.5) is 4.39 Å². The first-order chi connectivity index (χ1) is 9.54. The van der Waals surface area contributed by atoms with E-state index in [-0.39, 0.29) is 16.4 Å². The molecule has 1 unspecified atom stereocenters. The lowest BCUT2D eigenvalue weighted by Crippen LogP contribution is -2.35. The molecule has 1 aromatic carbocycles. The molecule has 1 aromatic rings. The summed E-state index contributed by atoms with van der Waals surface area (Å²) in [6.07, 6.45) is 2.44. The molecule has 0 aromatic heterocycles. The van der Waals surface area contributed by atoms with Gasteiger partial charge in [-0.3, -0.25) is 4.79 Å². The quantitative estimate of drug-likeness (QED) is 0.593.